The molecule has 0 radical (unpaired) electrons. The number of carboxylic acid groups (broad SMARTS) is 1. The molecule has 5 nitrogen and oxygen atoms in total. The quantitative estimate of drug-likeness (QED) is 0.520. The number of aliphatic hydroxyl groups is 1. The fourth-order valence-electron chi connectivity index (χ4n) is 3.11. The first-order chi connectivity index (χ1) is 9.77. The summed E-state index contributed by atoms with van der Waals surface area (Å²) in [6, 6.07) is -0.188. The van der Waals surface area contributed by atoms with Gasteiger partial charge in [0, 0.05) is 18.6 Å². The van der Waals surface area contributed by atoms with Crippen molar-refractivity contribution in [2.24, 2.45) is 11.8 Å². The molecule has 0 aromatic rings. The number of hydrogen-bond donors (Lipinski definition) is 3. The number of imide groups is 1. The predicted octanol–water partition coefficient (Wildman–Crippen LogP) is 2.53. The Hall–Kier alpha value is -0.590. The minimum absolute atomic E-state index is 0.133. The normalized spacial score (nSPS) is 28.6. The van der Waals surface area contributed by atoms with Crippen molar-refractivity contribution in [2.75, 3.05) is 12.3 Å². The second-order valence-corrected chi connectivity index (χ2v) is 6.84. The van der Waals surface area contributed by atoms with Crippen LogP contribution in [0.5, 0.6) is 0 Å². The Morgan fingerprint density at radius 2 is 1.95 bits per heavy atom. The van der Waals surface area contributed by atoms with Gasteiger partial charge in [-0.3, -0.25) is 0 Å². The number of aliphatic hydroxyl groups excluding tert-OH is 1. The lowest BCUT2D eigenvalue weighted by atomic mass is 9.95. The van der Waals surface area contributed by atoms with Crippen molar-refractivity contribution in [3.05, 3.63) is 0 Å². The van der Waals surface area contributed by atoms with E-state index >= 15 is 0 Å². The van der Waals surface area contributed by atoms with Crippen LogP contribution in [0.15, 0.2) is 0 Å². The molecule has 3 unspecified atom stereocenters. The minimum Gasteiger partial charge on any atom is -0.435 e. The van der Waals surface area contributed by atoms with Crippen molar-refractivity contribution >= 4 is 24.6 Å². The zero-order valence-corrected chi connectivity index (χ0v) is 14.1. The first kappa shape index (κ1) is 18.5. The van der Waals surface area contributed by atoms with Gasteiger partial charge in [0.05, 0.1) is 18.6 Å². The SMILES string of the molecule is CC(C)C(O)CCC(CS)C(=O)[N+]1(C(=O)O)CCC[C@H]1C. The Labute approximate surface area is 132 Å². The van der Waals surface area contributed by atoms with Crippen LogP contribution < -0.4 is 0 Å². The number of thiol groups is 1. The zero-order valence-electron chi connectivity index (χ0n) is 13.2. The standard InChI is InChI=1S/C15H27NO4S/c1-10(2)13(17)7-6-12(9-21)14(18)16(15(19)20)8-4-5-11(16)3/h10-13,17H,4-9H2,1-3H3,(H-,19,20,21)/p+1/t11-,12?,13?,16?/m1/s1. The first-order valence-electron chi connectivity index (χ1n) is 7.71. The van der Waals surface area contributed by atoms with Gasteiger partial charge in [-0.15, -0.1) is 0 Å². The number of amides is 2. The van der Waals surface area contributed by atoms with Crippen molar-refractivity contribution < 1.29 is 24.3 Å². The van der Waals surface area contributed by atoms with Crippen LogP contribution >= 0.6 is 12.6 Å². The maximum atomic E-state index is 12.8. The van der Waals surface area contributed by atoms with Gasteiger partial charge in [-0.2, -0.15) is 21.9 Å². The van der Waals surface area contributed by atoms with E-state index in [0.717, 1.165) is 12.8 Å². The molecule has 21 heavy (non-hydrogen) atoms. The molecule has 1 aliphatic rings. The van der Waals surface area contributed by atoms with Crippen LogP contribution in [0.3, 0.4) is 0 Å². The molecule has 0 aromatic carbocycles. The van der Waals surface area contributed by atoms with Crippen molar-refractivity contribution in [1.29, 1.82) is 0 Å². The number of rotatable bonds is 6. The minimum atomic E-state index is -1.05. The number of carbonyl (C=O) groups excluding carboxylic acids is 1. The van der Waals surface area contributed by atoms with E-state index in [9.17, 15) is 19.8 Å². The Bertz CT molecular complexity index is 388. The summed E-state index contributed by atoms with van der Waals surface area (Å²) < 4.78 is -0.469. The molecule has 1 heterocycles. The van der Waals surface area contributed by atoms with E-state index in [2.05, 4.69) is 12.6 Å². The number of quaternary nitrogens is 1. The summed E-state index contributed by atoms with van der Waals surface area (Å²) in [5.41, 5.74) is 0. The second kappa shape index (κ2) is 7.61. The lowest BCUT2D eigenvalue weighted by Crippen LogP contribution is -2.60. The summed E-state index contributed by atoms with van der Waals surface area (Å²) in [7, 11) is 0. The van der Waals surface area contributed by atoms with Gasteiger partial charge in [-0.1, -0.05) is 13.8 Å². The lowest BCUT2D eigenvalue weighted by molar-refractivity contribution is -0.794. The largest absolute Gasteiger partial charge is 0.521 e. The van der Waals surface area contributed by atoms with Crippen LogP contribution in [0, 0.1) is 11.8 Å². The van der Waals surface area contributed by atoms with Gasteiger partial charge in [0.25, 0.3) is 0 Å². The Kier molecular flexibility index (Phi) is 6.69. The number of nitrogens with zero attached hydrogens (tertiary/aromatic N) is 1. The molecule has 1 fully saturated rings. The summed E-state index contributed by atoms with van der Waals surface area (Å²) in [6.45, 7) is 6.05. The third kappa shape index (κ3) is 3.79. The van der Waals surface area contributed by atoms with E-state index in [-0.39, 0.29) is 17.9 Å². The van der Waals surface area contributed by atoms with E-state index in [1.54, 1.807) is 0 Å². The average molecular weight is 318 g/mol. The highest BCUT2D eigenvalue weighted by molar-refractivity contribution is 7.80. The number of hydrogen-bond acceptors (Lipinski definition) is 4. The van der Waals surface area contributed by atoms with E-state index in [0.29, 0.717) is 25.1 Å². The van der Waals surface area contributed by atoms with E-state index in [4.69, 9.17) is 0 Å². The zero-order chi connectivity index (χ0) is 16.2. The van der Waals surface area contributed by atoms with E-state index in [1.165, 1.54) is 0 Å². The van der Waals surface area contributed by atoms with Crippen molar-refractivity contribution in [1.82, 2.24) is 0 Å². The van der Waals surface area contributed by atoms with Crippen LogP contribution in [0.2, 0.25) is 0 Å². The van der Waals surface area contributed by atoms with E-state index in [1.807, 2.05) is 20.8 Å². The lowest BCUT2D eigenvalue weighted by Gasteiger charge is -2.32. The van der Waals surface area contributed by atoms with Crippen LogP contribution in [-0.2, 0) is 4.79 Å². The van der Waals surface area contributed by atoms with Crippen molar-refractivity contribution in [2.45, 2.75) is 58.6 Å². The summed E-state index contributed by atoms with van der Waals surface area (Å²) in [5, 5.41) is 19.5. The molecule has 0 saturated carbocycles. The molecule has 1 aliphatic heterocycles. The molecular formula is C15H28NO4S+. The molecule has 6 heteroatoms. The molecule has 1 saturated heterocycles. The van der Waals surface area contributed by atoms with Crippen molar-refractivity contribution in [3.63, 3.8) is 0 Å². The third-order valence-corrected chi connectivity index (χ3v) is 5.21. The highest BCUT2D eigenvalue weighted by Crippen LogP contribution is 2.32. The monoisotopic (exact) mass is 318 g/mol. The smallest absolute Gasteiger partial charge is 0.435 e. The second-order valence-electron chi connectivity index (χ2n) is 6.47. The van der Waals surface area contributed by atoms with Gasteiger partial charge in [-0.25, -0.2) is 4.79 Å². The topological polar surface area (TPSA) is 74.6 Å². The summed E-state index contributed by atoms with van der Waals surface area (Å²) in [4.78, 5) is 24.5. The van der Waals surface area contributed by atoms with Crippen molar-refractivity contribution in [3.8, 4) is 0 Å². The maximum Gasteiger partial charge on any atom is 0.521 e. The molecule has 2 amide bonds. The molecule has 0 bridgehead atoms. The first-order valence-corrected chi connectivity index (χ1v) is 8.35. The van der Waals surface area contributed by atoms with Gasteiger partial charge in [0.2, 0.25) is 0 Å². The highest BCUT2D eigenvalue weighted by atomic mass is 32.1. The Morgan fingerprint density at radius 1 is 1.33 bits per heavy atom. The van der Waals surface area contributed by atoms with Gasteiger partial charge in [0.15, 0.2) is 0 Å². The molecular weight excluding hydrogens is 290 g/mol. The number of carbonyl (C=O) groups is 2. The fourth-order valence-corrected chi connectivity index (χ4v) is 3.45. The van der Waals surface area contributed by atoms with Gasteiger partial charge in [0.1, 0.15) is 6.04 Å². The van der Waals surface area contributed by atoms with Crippen LogP contribution in [0.1, 0.15) is 46.5 Å². The molecule has 0 aromatic heterocycles. The highest BCUT2D eigenvalue weighted by Gasteiger charge is 2.54. The van der Waals surface area contributed by atoms with Gasteiger partial charge in [-0.05, 0) is 25.7 Å². The van der Waals surface area contributed by atoms with Gasteiger partial charge < -0.3 is 10.2 Å². The third-order valence-electron chi connectivity index (χ3n) is 4.77. The Morgan fingerprint density at radius 3 is 2.33 bits per heavy atom. The number of likely N-dealkylation sites (tertiary alicyclic amines) is 1. The molecule has 4 atom stereocenters. The molecule has 1 rings (SSSR count). The van der Waals surface area contributed by atoms with Crippen LogP contribution in [0.25, 0.3) is 0 Å². The molecule has 122 valence electrons. The maximum absolute atomic E-state index is 12.8. The van der Waals surface area contributed by atoms with Gasteiger partial charge >= 0.3 is 12.0 Å². The summed E-state index contributed by atoms with van der Waals surface area (Å²) in [6.07, 6.45) is 0.985. The predicted molar refractivity (Wildman–Crippen MR) is 84.3 cm³/mol. The van der Waals surface area contributed by atoms with E-state index < -0.39 is 22.6 Å². The summed E-state index contributed by atoms with van der Waals surface area (Å²) >= 11 is 4.23. The summed E-state index contributed by atoms with van der Waals surface area (Å²) in [5.74, 6) is -0.213. The van der Waals surface area contributed by atoms with Crippen LogP contribution in [-0.4, -0.2) is 51.1 Å². The van der Waals surface area contributed by atoms with Crippen LogP contribution in [0.4, 0.5) is 4.79 Å². The molecule has 0 aliphatic carbocycles. The Balaban J connectivity index is 2.84. The fraction of sp³-hybridized carbons (Fsp3) is 0.867. The molecule has 2 N–H and O–H groups in total. The molecule has 0 spiro atoms. The average Bonchev–Trinajstić information content (AvgIpc) is 2.81.